The van der Waals surface area contributed by atoms with Crippen molar-refractivity contribution in [3.8, 4) is 22.4 Å². The first-order chi connectivity index (χ1) is 15.1. The van der Waals surface area contributed by atoms with Crippen LogP contribution in [-0.2, 0) is 11.5 Å². The van der Waals surface area contributed by atoms with Gasteiger partial charge in [-0.25, -0.2) is 23.6 Å². The lowest BCUT2D eigenvalue weighted by Crippen LogP contribution is -2.22. The fourth-order valence-corrected chi connectivity index (χ4v) is 3.86. The van der Waals surface area contributed by atoms with Gasteiger partial charge in [-0.2, -0.15) is 5.10 Å². The van der Waals surface area contributed by atoms with Crippen LogP contribution in [0.1, 0.15) is 20.8 Å². The highest BCUT2D eigenvalue weighted by atomic mass is 28.3. The van der Waals surface area contributed by atoms with Gasteiger partial charge in [0.2, 0.25) is 0 Å². The molecule has 0 spiro atoms. The first-order valence-electron chi connectivity index (χ1n) is 9.94. The van der Waals surface area contributed by atoms with Crippen LogP contribution in [0.15, 0.2) is 42.7 Å². The van der Waals surface area contributed by atoms with Gasteiger partial charge in [0.15, 0.2) is 5.69 Å². The third-order valence-corrected chi connectivity index (χ3v) is 6.46. The highest BCUT2D eigenvalue weighted by Crippen LogP contribution is 2.34. The largest absolute Gasteiger partial charge is 0.478 e. The summed E-state index contributed by atoms with van der Waals surface area (Å²) in [4.78, 5) is 27.2. The van der Waals surface area contributed by atoms with Crippen LogP contribution in [0.2, 0.25) is 25.7 Å². The van der Waals surface area contributed by atoms with Gasteiger partial charge in [-0.05, 0) is 36.4 Å². The summed E-state index contributed by atoms with van der Waals surface area (Å²) in [7, 11) is -1.27. The fourth-order valence-electron chi connectivity index (χ4n) is 3.11. The topological polar surface area (TPSA) is 115 Å². The third kappa shape index (κ3) is 5.45. The Morgan fingerprint density at radius 2 is 1.75 bits per heavy atom. The van der Waals surface area contributed by atoms with Gasteiger partial charge in [0.1, 0.15) is 23.8 Å². The number of aromatic carboxylic acids is 2. The van der Waals surface area contributed by atoms with E-state index in [1.54, 1.807) is 6.20 Å². The molecule has 0 aliphatic heterocycles. The molecule has 2 heterocycles. The van der Waals surface area contributed by atoms with E-state index in [1.807, 2.05) is 0 Å². The maximum atomic E-state index is 13.5. The van der Waals surface area contributed by atoms with Crippen molar-refractivity contribution in [1.29, 1.82) is 0 Å². The van der Waals surface area contributed by atoms with E-state index >= 15 is 0 Å². The van der Waals surface area contributed by atoms with Crippen LogP contribution in [-0.4, -0.2) is 51.6 Å². The first kappa shape index (κ1) is 23.3. The van der Waals surface area contributed by atoms with E-state index in [-0.39, 0.29) is 12.3 Å². The summed E-state index contributed by atoms with van der Waals surface area (Å²) >= 11 is 0. The van der Waals surface area contributed by atoms with Gasteiger partial charge in [0, 0.05) is 43.8 Å². The van der Waals surface area contributed by atoms with Crippen LogP contribution >= 0.6 is 0 Å². The molecule has 0 aliphatic carbocycles. The van der Waals surface area contributed by atoms with Crippen LogP contribution < -0.4 is 0 Å². The maximum Gasteiger partial charge on any atom is 0.355 e. The summed E-state index contributed by atoms with van der Waals surface area (Å²) in [6, 6.07) is 8.00. The number of aromatic nitrogens is 3. The minimum Gasteiger partial charge on any atom is -0.478 e. The number of ether oxygens (including phenoxy) is 1. The average molecular weight is 458 g/mol. The number of hydrogen-bond donors (Lipinski definition) is 2. The molecular formula is C22H24FN3O5Si. The summed E-state index contributed by atoms with van der Waals surface area (Å²) in [5.74, 6) is -3.29. The van der Waals surface area contributed by atoms with Crippen molar-refractivity contribution in [3.05, 3.63) is 59.8 Å². The number of pyridine rings is 1. The zero-order chi connectivity index (χ0) is 23.5. The molecule has 2 N–H and O–H groups in total. The molecule has 1 aromatic carbocycles. The Hall–Kier alpha value is -3.37. The zero-order valence-corrected chi connectivity index (χ0v) is 19.0. The van der Waals surface area contributed by atoms with Crippen LogP contribution in [0.5, 0.6) is 0 Å². The average Bonchev–Trinajstić information content (AvgIpc) is 3.14. The van der Waals surface area contributed by atoms with Gasteiger partial charge >= 0.3 is 11.9 Å². The van der Waals surface area contributed by atoms with Crippen molar-refractivity contribution in [2.45, 2.75) is 32.4 Å². The molecule has 0 fully saturated rings. The molecule has 3 aromatic rings. The molecular weight excluding hydrogens is 433 g/mol. The second-order valence-electron chi connectivity index (χ2n) is 8.48. The SMILES string of the molecule is C[Si](C)(C)CCOCn1cc(-c2ccnc(C(=O)O)c2C(=O)O)c(-c2ccc(F)cc2)n1. The molecule has 0 saturated carbocycles. The summed E-state index contributed by atoms with van der Waals surface area (Å²) in [6.45, 7) is 7.43. The van der Waals surface area contributed by atoms with E-state index in [9.17, 15) is 24.2 Å². The first-order valence-corrected chi connectivity index (χ1v) is 13.6. The Labute approximate surface area is 185 Å². The van der Waals surface area contributed by atoms with Crippen molar-refractivity contribution in [2.75, 3.05) is 6.61 Å². The quantitative estimate of drug-likeness (QED) is 0.360. The van der Waals surface area contributed by atoms with Gasteiger partial charge in [0.05, 0.1) is 0 Å². The minimum absolute atomic E-state index is 0.137. The van der Waals surface area contributed by atoms with Crippen molar-refractivity contribution in [2.24, 2.45) is 0 Å². The normalized spacial score (nSPS) is 11.5. The predicted molar refractivity (Wildman–Crippen MR) is 119 cm³/mol. The summed E-state index contributed by atoms with van der Waals surface area (Å²) in [5.41, 5.74) is 0.447. The van der Waals surface area contributed by atoms with E-state index < -0.39 is 37.1 Å². The highest BCUT2D eigenvalue weighted by molar-refractivity contribution is 6.76. The number of nitrogens with zero attached hydrogens (tertiary/aromatic N) is 3. The van der Waals surface area contributed by atoms with E-state index in [2.05, 4.69) is 29.7 Å². The lowest BCUT2D eigenvalue weighted by atomic mass is 9.97. The Balaban J connectivity index is 2.07. The van der Waals surface area contributed by atoms with E-state index in [0.717, 1.165) is 6.04 Å². The molecule has 0 radical (unpaired) electrons. The van der Waals surface area contributed by atoms with Crippen molar-refractivity contribution in [1.82, 2.24) is 14.8 Å². The lowest BCUT2D eigenvalue weighted by Gasteiger charge is -2.15. The highest BCUT2D eigenvalue weighted by Gasteiger charge is 2.25. The predicted octanol–water partition coefficient (Wildman–Crippen LogP) is 4.46. The van der Waals surface area contributed by atoms with Crippen molar-refractivity contribution < 1.29 is 28.9 Å². The van der Waals surface area contributed by atoms with Crippen LogP contribution in [0.25, 0.3) is 22.4 Å². The maximum absolute atomic E-state index is 13.5. The second-order valence-corrected chi connectivity index (χ2v) is 14.1. The van der Waals surface area contributed by atoms with E-state index in [4.69, 9.17) is 4.74 Å². The summed E-state index contributed by atoms with van der Waals surface area (Å²) < 4.78 is 20.7. The fraction of sp³-hybridized carbons (Fsp3) is 0.273. The molecule has 0 bridgehead atoms. The number of benzene rings is 1. The Bertz CT molecular complexity index is 1140. The van der Waals surface area contributed by atoms with Crippen LogP contribution in [0, 0.1) is 5.82 Å². The summed E-state index contributed by atoms with van der Waals surface area (Å²) in [5, 5.41) is 23.6. The molecule has 0 aliphatic rings. The molecule has 3 rings (SSSR count). The molecule has 0 atom stereocenters. The summed E-state index contributed by atoms with van der Waals surface area (Å²) in [6.07, 6.45) is 2.84. The van der Waals surface area contributed by atoms with Gasteiger partial charge in [-0.1, -0.05) is 19.6 Å². The second kappa shape index (κ2) is 9.41. The third-order valence-electron chi connectivity index (χ3n) is 4.76. The Kier molecular flexibility index (Phi) is 6.85. The van der Waals surface area contributed by atoms with Crippen molar-refractivity contribution in [3.63, 3.8) is 0 Å². The molecule has 0 saturated heterocycles. The number of rotatable bonds is 9. The number of carboxylic acids is 2. The number of carboxylic acid groups (broad SMARTS) is 2. The van der Waals surface area contributed by atoms with Crippen LogP contribution in [0.4, 0.5) is 4.39 Å². The molecule has 168 valence electrons. The Morgan fingerprint density at radius 3 is 2.34 bits per heavy atom. The number of halogens is 1. The molecule has 10 heteroatoms. The van der Waals surface area contributed by atoms with Crippen molar-refractivity contribution >= 4 is 20.0 Å². The monoisotopic (exact) mass is 457 g/mol. The van der Waals surface area contributed by atoms with Gasteiger partial charge < -0.3 is 14.9 Å². The molecule has 0 amide bonds. The Morgan fingerprint density at radius 1 is 1.06 bits per heavy atom. The molecule has 32 heavy (non-hydrogen) atoms. The van der Waals surface area contributed by atoms with Crippen LogP contribution in [0.3, 0.4) is 0 Å². The van der Waals surface area contributed by atoms with Gasteiger partial charge in [0.25, 0.3) is 0 Å². The zero-order valence-electron chi connectivity index (χ0n) is 18.0. The molecule has 8 nitrogen and oxygen atoms in total. The molecule has 0 unspecified atom stereocenters. The standard InChI is InChI=1S/C22H24FN3O5Si/c1-32(2,3)11-10-31-13-26-12-17(19(25-26)14-4-6-15(23)7-5-14)16-8-9-24-20(22(29)30)18(16)21(27)28/h4-9,12H,10-11,13H2,1-3H3,(H,27,28)(H,29,30). The number of carbonyl (C=O) groups is 2. The number of hydrogen-bond acceptors (Lipinski definition) is 5. The lowest BCUT2D eigenvalue weighted by molar-refractivity contribution is 0.0647. The minimum atomic E-state index is -1.45. The van der Waals surface area contributed by atoms with E-state index in [1.165, 1.54) is 41.2 Å². The molecule has 2 aromatic heterocycles. The van der Waals surface area contributed by atoms with E-state index in [0.29, 0.717) is 23.4 Å². The van der Waals surface area contributed by atoms with Gasteiger partial charge in [-0.3, -0.25) is 0 Å². The smallest absolute Gasteiger partial charge is 0.355 e. The van der Waals surface area contributed by atoms with Gasteiger partial charge in [-0.15, -0.1) is 0 Å².